The van der Waals surface area contributed by atoms with Crippen molar-refractivity contribution in [1.29, 1.82) is 0 Å². The van der Waals surface area contributed by atoms with Crippen LogP contribution < -0.4 is 0 Å². The molecule has 0 aromatic rings. The van der Waals surface area contributed by atoms with Crippen molar-refractivity contribution in [2.45, 2.75) is 0 Å². The Morgan fingerprint density at radius 1 is 1.83 bits per heavy atom. The fraction of sp³-hybridized carbons (Fsp3) is 1.00. The second-order valence-corrected chi connectivity index (χ2v) is 1.74. The van der Waals surface area contributed by atoms with Gasteiger partial charge in [-0.25, -0.2) is 0 Å². The summed E-state index contributed by atoms with van der Waals surface area (Å²) in [7, 11) is 0. The number of rotatable bonds is 0. The fourth-order valence-corrected chi connectivity index (χ4v) is 0.661. The quantitative estimate of drug-likeness (QED) is 0.330. The molecule has 1 aliphatic rings. The average molecular weight is 106 g/mol. The maximum absolute atomic E-state index is 10.00. The lowest BCUT2D eigenvalue weighted by Crippen LogP contribution is -2.00. The highest BCUT2D eigenvalue weighted by Crippen LogP contribution is 2.14. The minimum absolute atomic E-state index is 0.505. The molecule has 0 atom stereocenters. The van der Waals surface area contributed by atoms with E-state index in [1.807, 2.05) is 0 Å². The molecule has 1 rings (SSSR count). The van der Waals surface area contributed by atoms with Gasteiger partial charge in [-0.2, -0.15) is 0 Å². The van der Waals surface area contributed by atoms with Crippen LogP contribution in [0.4, 0.5) is 0 Å². The fourth-order valence-electron chi connectivity index (χ4n) is 0.245. The third kappa shape index (κ3) is 0.844. The van der Waals surface area contributed by atoms with Crippen LogP contribution in [-0.4, -0.2) is 17.6 Å². The number of hydrogen-bond acceptors (Lipinski definition) is 4. The van der Waals surface area contributed by atoms with Crippen molar-refractivity contribution in [2.75, 3.05) is 13.2 Å². The summed E-state index contributed by atoms with van der Waals surface area (Å²) in [5.41, 5.74) is 0. The van der Waals surface area contributed by atoms with Crippen LogP contribution in [0.15, 0.2) is 0 Å². The van der Waals surface area contributed by atoms with Crippen LogP contribution in [-0.2, 0) is 4.18 Å². The van der Waals surface area contributed by atoms with Gasteiger partial charge in [0, 0.05) is 6.54 Å². The van der Waals surface area contributed by atoms with E-state index in [2.05, 4.69) is 4.18 Å². The largest absolute Gasteiger partial charge is 0.774 e. The molecule has 0 bridgehead atoms. The Morgan fingerprint density at radius 2 is 2.67 bits per heavy atom. The van der Waals surface area contributed by atoms with Gasteiger partial charge in [-0.3, -0.25) is 0 Å². The Hall–Kier alpha value is 0.230. The average Bonchev–Trinajstić information content (AvgIpc) is 1.86. The zero-order valence-electron chi connectivity index (χ0n) is 3.09. The second kappa shape index (κ2) is 1.79. The molecule has 0 aromatic heterocycles. The summed E-state index contributed by atoms with van der Waals surface area (Å²) in [6.45, 7) is 1.07. The first-order valence-corrected chi connectivity index (χ1v) is 2.34. The van der Waals surface area contributed by atoms with Crippen LogP contribution in [0.5, 0.6) is 0 Å². The predicted octanol–water partition coefficient (Wildman–Crippen LogP) is 0.380. The lowest BCUT2D eigenvalue weighted by atomic mass is 10.8. The van der Waals surface area contributed by atoms with E-state index >= 15 is 0 Å². The van der Waals surface area contributed by atoms with Crippen LogP contribution in [0, 0.1) is 5.21 Å². The lowest BCUT2D eigenvalue weighted by molar-refractivity contribution is 0.409. The molecule has 0 aliphatic carbocycles. The molecule has 0 unspecified atom stereocenters. The summed E-state index contributed by atoms with van der Waals surface area (Å²) in [4.78, 5) is 0. The monoisotopic (exact) mass is 106 g/mol. The molecule has 0 aromatic carbocycles. The number of hydrogen-bond donors (Lipinski definition) is 0. The van der Waals surface area contributed by atoms with Gasteiger partial charge in [-0.1, -0.05) is 0 Å². The third-order valence-electron chi connectivity index (χ3n) is 0.493. The Morgan fingerprint density at radius 3 is 2.83 bits per heavy atom. The smallest absolute Gasteiger partial charge is 0.0754 e. The Bertz CT molecular complexity index is 44.8. The van der Waals surface area contributed by atoms with Gasteiger partial charge in [0.2, 0.25) is 0 Å². The Balaban J connectivity index is 2.18. The zero-order chi connectivity index (χ0) is 4.41. The van der Waals surface area contributed by atoms with Gasteiger partial charge in [0.05, 0.1) is 18.8 Å². The summed E-state index contributed by atoms with van der Waals surface area (Å²) < 4.78 is 5.39. The first-order chi connectivity index (χ1) is 2.89. The van der Waals surface area contributed by atoms with E-state index in [4.69, 9.17) is 0 Å². The summed E-state index contributed by atoms with van der Waals surface area (Å²) in [6, 6.07) is 0. The van der Waals surface area contributed by atoms with Crippen molar-refractivity contribution in [3.05, 3.63) is 5.21 Å². The van der Waals surface area contributed by atoms with Crippen molar-refractivity contribution in [3.8, 4) is 0 Å². The molecule has 0 saturated carbocycles. The van der Waals surface area contributed by atoms with Crippen molar-refractivity contribution < 1.29 is 4.18 Å². The molecule has 3 nitrogen and oxygen atoms in total. The van der Waals surface area contributed by atoms with E-state index in [0.29, 0.717) is 13.2 Å². The summed E-state index contributed by atoms with van der Waals surface area (Å²) in [5, 5.41) is 10.00. The van der Waals surface area contributed by atoms with Crippen molar-refractivity contribution in [2.24, 2.45) is 0 Å². The summed E-state index contributed by atoms with van der Waals surface area (Å²) in [5.74, 6) is 0. The molecule has 1 fully saturated rings. The van der Waals surface area contributed by atoms with Crippen molar-refractivity contribution in [1.82, 2.24) is 4.47 Å². The Labute approximate surface area is 40.2 Å². The molecule has 1 saturated heterocycles. The summed E-state index contributed by atoms with van der Waals surface area (Å²) >= 11 is 0.875. The molecule has 4 heteroatoms. The minimum atomic E-state index is 0.505. The van der Waals surface area contributed by atoms with Crippen LogP contribution in [0.2, 0.25) is 0 Å². The number of nitrogens with zero attached hydrogens (tertiary/aromatic N) is 1. The van der Waals surface area contributed by atoms with Crippen LogP contribution in [0.25, 0.3) is 0 Å². The van der Waals surface area contributed by atoms with E-state index in [0.717, 1.165) is 16.7 Å². The van der Waals surface area contributed by atoms with Gasteiger partial charge in [-0.15, -0.1) is 0 Å². The molecular formula is C2H4NO2S-. The van der Waals surface area contributed by atoms with Crippen molar-refractivity contribution in [3.63, 3.8) is 0 Å². The van der Waals surface area contributed by atoms with Crippen LogP contribution in [0.1, 0.15) is 0 Å². The maximum Gasteiger partial charge on any atom is 0.0754 e. The molecule has 0 N–H and O–H groups in total. The van der Waals surface area contributed by atoms with Gasteiger partial charge >= 0.3 is 0 Å². The first kappa shape index (κ1) is 4.39. The first-order valence-electron chi connectivity index (χ1n) is 1.64. The minimum Gasteiger partial charge on any atom is -0.774 e. The van der Waals surface area contributed by atoms with Crippen LogP contribution >= 0.6 is 12.2 Å². The third-order valence-corrected chi connectivity index (χ3v) is 1.11. The molecular weight excluding hydrogens is 102 g/mol. The van der Waals surface area contributed by atoms with Gasteiger partial charge < -0.3 is 13.9 Å². The molecule has 1 aliphatic heterocycles. The van der Waals surface area contributed by atoms with Crippen molar-refractivity contribution >= 4 is 12.2 Å². The number of hydroxylamine groups is 1. The molecule has 6 heavy (non-hydrogen) atoms. The highest BCUT2D eigenvalue weighted by Gasteiger charge is 2.00. The molecule has 1 heterocycles. The van der Waals surface area contributed by atoms with E-state index in [-0.39, 0.29) is 0 Å². The van der Waals surface area contributed by atoms with Crippen LogP contribution in [0.3, 0.4) is 0 Å². The van der Waals surface area contributed by atoms with E-state index < -0.39 is 0 Å². The van der Waals surface area contributed by atoms with Gasteiger partial charge in [0.15, 0.2) is 0 Å². The SMILES string of the molecule is [O-]N1CCOS1. The topological polar surface area (TPSA) is 35.5 Å². The van der Waals surface area contributed by atoms with Gasteiger partial charge in [0.1, 0.15) is 0 Å². The zero-order valence-corrected chi connectivity index (χ0v) is 3.90. The highest BCUT2D eigenvalue weighted by atomic mass is 32.2. The van der Waals surface area contributed by atoms with E-state index in [1.165, 1.54) is 0 Å². The normalized spacial score (nSPS) is 25.5. The Kier molecular flexibility index (Phi) is 1.31. The van der Waals surface area contributed by atoms with Gasteiger partial charge in [0.25, 0.3) is 0 Å². The second-order valence-electron chi connectivity index (χ2n) is 0.953. The lowest BCUT2D eigenvalue weighted by Gasteiger charge is -2.13. The van der Waals surface area contributed by atoms with E-state index in [1.54, 1.807) is 0 Å². The predicted molar refractivity (Wildman–Crippen MR) is 23.6 cm³/mol. The molecule has 0 spiro atoms. The standard InChI is InChI=1S/C2H4NO2S/c4-3-1-2-5-6-3/h1-2H2/q-1. The van der Waals surface area contributed by atoms with Gasteiger partial charge in [-0.05, 0) is 0 Å². The maximum atomic E-state index is 10.00. The molecule has 0 radical (unpaired) electrons. The summed E-state index contributed by atoms with van der Waals surface area (Å²) in [6.07, 6.45) is 0. The highest BCUT2D eigenvalue weighted by molar-refractivity contribution is 7.92. The molecule has 0 amide bonds. The molecule has 36 valence electrons. The van der Waals surface area contributed by atoms with E-state index in [9.17, 15) is 5.21 Å².